The third-order valence-electron chi connectivity index (χ3n) is 5.06. The van der Waals surface area contributed by atoms with Gasteiger partial charge in [0.1, 0.15) is 0 Å². The van der Waals surface area contributed by atoms with Crippen LogP contribution in [0.2, 0.25) is 0 Å². The van der Waals surface area contributed by atoms with Gasteiger partial charge in [-0.15, -0.1) is 0 Å². The molecule has 0 radical (unpaired) electrons. The van der Waals surface area contributed by atoms with E-state index in [2.05, 4.69) is 11.1 Å². The summed E-state index contributed by atoms with van der Waals surface area (Å²) in [7, 11) is 3.56. The number of methoxy groups -OCH3 is 1. The predicted octanol–water partition coefficient (Wildman–Crippen LogP) is 1.17. The zero-order valence-electron chi connectivity index (χ0n) is 15.5. The fourth-order valence-corrected chi connectivity index (χ4v) is 3.53. The Morgan fingerprint density at radius 2 is 2.15 bits per heavy atom. The van der Waals surface area contributed by atoms with E-state index in [0.717, 1.165) is 17.3 Å². The monoisotopic (exact) mass is 357 g/mol. The molecule has 0 unspecified atom stereocenters. The van der Waals surface area contributed by atoms with E-state index < -0.39 is 6.10 Å². The van der Waals surface area contributed by atoms with Crippen molar-refractivity contribution in [1.29, 1.82) is 0 Å². The Hall–Kier alpha value is -2.02. The highest BCUT2D eigenvalue weighted by Gasteiger charge is 2.34. The summed E-state index contributed by atoms with van der Waals surface area (Å²) in [5, 5.41) is 11.6. The average Bonchev–Trinajstić information content (AvgIpc) is 3.01. The van der Waals surface area contributed by atoms with Gasteiger partial charge in [-0.1, -0.05) is 18.2 Å². The maximum atomic E-state index is 12.5. The van der Waals surface area contributed by atoms with Crippen LogP contribution < -0.4 is 0 Å². The fraction of sp³-hybridized carbons (Fsp3) is 0.500. The average molecular weight is 357 g/mol. The van der Waals surface area contributed by atoms with Gasteiger partial charge in [0.15, 0.2) is 0 Å². The predicted molar refractivity (Wildman–Crippen MR) is 101 cm³/mol. The Kier molecular flexibility index (Phi) is 6.19. The van der Waals surface area contributed by atoms with Crippen molar-refractivity contribution < 1.29 is 14.6 Å². The van der Waals surface area contributed by atoms with Crippen LogP contribution in [0.4, 0.5) is 0 Å². The number of aliphatic hydroxyl groups excluding tert-OH is 1. The van der Waals surface area contributed by atoms with Crippen molar-refractivity contribution in [2.24, 2.45) is 5.92 Å². The van der Waals surface area contributed by atoms with Gasteiger partial charge in [0.2, 0.25) is 5.91 Å². The molecule has 2 heterocycles. The number of fused-ring (bicyclic) bond motifs is 1. The summed E-state index contributed by atoms with van der Waals surface area (Å²) >= 11 is 0. The molecule has 1 fully saturated rings. The number of benzene rings is 1. The molecule has 0 aliphatic carbocycles. The van der Waals surface area contributed by atoms with Crippen LogP contribution in [0.1, 0.15) is 5.56 Å². The molecule has 6 heteroatoms. The second-order valence-corrected chi connectivity index (χ2v) is 7.05. The molecule has 26 heavy (non-hydrogen) atoms. The quantitative estimate of drug-likeness (QED) is 0.806. The van der Waals surface area contributed by atoms with E-state index in [1.165, 1.54) is 5.56 Å². The number of carbonyl (C=O) groups is 1. The molecular formula is C20H27N3O3. The number of aliphatic hydroxyl groups is 1. The molecule has 1 aliphatic rings. The normalized spacial score (nSPS) is 20.2. The lowest BCUT2D eigenvalue weighted by molar-refractivity contribution is -0.131. The molecule has 1 N–H and O–H groups in total. The number of pyridine rings is 1. The third-order valence-corrected chi connectivity index (χ3v) is 5.06. The number of amides is 1. The maximum Gasteiger partial charge on any atom is 0.236 e. The molecule has 1 aliphatic heterocycles. The molecule has 0 bridgehead atoms. The van der Waals surface area contributed by atoms with Crippen LogP contribution in [0.25, 0.3) is 10.9 Å². The van der Waals surface area contributed by atoms with Gasteiger partial charge in [-0.3, -0.25) is 14.7 Å². The fourth-order valence-electron chi connectivity index (χ4n) is 3.53. The lowest BCUT2D eigenvalue weighted by atomic mass is 9.94. The van der Waals surface area contributed by atoms with Gasteiger partial charge in [0.25, 0.3) is 0 Å². The number of para-hydroxylation sites is 1. The van der Waals surface area contributed by atoms with E-state index in [1.54, 1.807) is 12.0 Å². The van der Waals surface area contributed by atoms with Crippen LogP contribution >= 0.6 is 0 Å². The molecule has 1 saturated heterocycles. The number of hydrogen-bond donors (Lipinski definition) is 1. The second kappa shape index (κ2) is 8.58. The van der Waals surface area contributed by atoms with Crippen molar-refractivity contribution in [3.8, 4) is 0 Å². The summed E-state index contributed by atoms with van der Waals surface area (Å²) in [6, 6.07) is 10.1. The molecule has 2 aromatic rings. The van der Waals surface area contributed by atoms with E-state index in [-0.39, 0.29) is 11.8 Å². The number of nitrogens with zero attached hydrogens (tertiary/aromatic N) is 3. The number of β-amino-alcohol motifs (C(OH)–C–C–N with tert-alkyl or cyclic N) is 1. The van der Waals surface area contributed by atoms with Gasteiger partial charge in [0, 0.05) is 44.2 Å². The van der Waals surface area contributed by atoms with Gasteiger partial charge in [0.05, 0.1) is 24.8 Å². The van der Waals surface area contributed by atoms with E-state index in [0.29, 0.717) is 32.8 Å². The van der Waals surface area contributed by atoms with Crippen molar-refractivity contribution in [1.82, 2.24) is 14.8 Å². The Morgan fingerprint density at radius 3 is 2.96 bits per heavy atom. The van der Waals surface area contributed by atoms with Gasteiger partial charge < -0.3 is 14.7 Å². The zero-order valence-corrected chi connectivity index (χ0v) is 15.5. The largest absolute Gasteiger partial charge is 0.391 e. The molecule has 3 rings (SSSR count). The minimum Gasteiger partial charge on any atom is -0.391 e. The minimum atomic E-state index is -0.491. The van der Waals surface area contributed by atoms with Crippen LogP contribution in [0.15, 0.2) is 36.5 Å². The van der Waals surface area contributed by atoms with E-state index in [4.69, 9.17) is 4.74 Å². The van der Waals surface area contributed by atoms with Gasteiger partial charge in [-0.25, -0.2) is 0 Å². The van der Waals surface area contributed by atoms with Crippen molar-refractivity contribution >= 4 is 16.8 Å². The molecule has 1 amide bonds. The second-order valence-electron chi connectivity index (χ2n) is 7.05. The van der Waals surface area contributed by atoms with E-state index in [9.17, 15) is 9.90 Å². The summed E-state index contributed by atoms with van der Waals surface area (Å²) in [5.74, 6) is 0.110. The van der Waals surface area contributed by atoms with Crippen LogP contribution in [-0.2, 0) is 16.0 Å². The van der Waals surface area contributed by atoms with Crippen LogP contribution in [0.5, 0.6) is 0 Å². The molecule has 6 nitrogen and oxygen atoms in total. The molecule has 140 valence electrons. The van der Waals surface area contributed by atoms with Gasteiger partial charge >= 0.3 is 0 Å². The molecule has 1 aromatic carbocycles. The lowest BCUT2D eigenvalue weighted by Crippen LogP contribution is -2.39. The third kappa shape index (κ3) is 4.38. The number of carbonyl (C=O) groups excluding carboxylic acids is 1. The topological polar surface area (TPSA) is 65.9 Å². The van der Waals surface area contributed by atoms with E-state index >= 15 is 0 Å². The number of aromatic nitrogens is 1. The lowest BCUT2D eigenvalue weighted by Gasteiger charge is -2.21. The molecule has 1 aromatic heterocycles. The first kappa shape index (κ1) is 18.8. The van der Waals surface area contributed by atoms with Crippen LogP contribution in [0, 0.1) is 5.92 Å². The Morgan fingerprint density at radius 1 is 1.35 bits per heavy atom. The summed E-state index contributed by atoms with van der Waals surface area (Å²) in [6.07, 6.45) is 2.07. The maximum absolute atomic E-state index is 12.5. The Bertz CT molecular complexity index is 747. The SMILES string of the molecule is COCCN(C)CC(=O)N1C[C@@H](Cc2ccnc3ccccc23)[C@H](O)C1. The highest BCUT2D eigenvalue weighted by atomic mass is 16.5. The van der Waals surface area contributed by atoms with Crippen LogP contribution in [-0.4, -0.2) is 78.8 Å². The summed E-state index contributed by atoms with van der Waals surface area (Å²) < 4.78 is 5.04. The highest BCUT2D eigenvalue weighted by molar-refractivity contribution is 5.82. The van der Waals surface area contributed by atoms with Crippen molar-refractivity contribution in [2.75, 3.05) is 46.9 Å². The summed E-state index contributed by atoms with van der Waals surface area (Å²) in [4.78, 5) is 20.6. The smallest absolute Gasteiger partial charge is 0.236 e. The van der Waals surface area contributed by atoms with Crippen molar-refractivity contribution in [3.05, 3.63) is 42.1 Å². The van der Waals surface area contributed by atoms with Crippen LogP contribution in [0.3, 0.4) is 0 Å². The van der Waals surface area contributed by atoms with Gasteiger partial charge in [-0.05, 0) is 31.2 Å². The number of likely N-dealkylation sites (tertiary alicyclic amines) is 1. The van der Waals surface area contributed by atoms with E-state index in [1.807, 2.05) is 42.4 Å². The van der Waals surface area contributed by atoms with Crippen molar-refractivity contribution in [2.45, 2.75) is 12.5 Å². The number of ether oxygens (including phenoxy) is 1. The number of rotatable bonds is 7. The highest BCUT2D eigenvalue weighted by Crippen LogP contribution is 2.25. The minimum absolute atomic E-state index is 0.0500. The Balaban J connectivity index is 1.62. The summed E-state index contributed by atoms with van der Waals surface area (Å²) in [5.41, 5.74) is 2.14. The number of likely N-dealkylation sites (N-methyl/N-ethyl adjacent to an activating group) is 1. The van der Waals surface area contributed by atoms with Crippen molar-refractivity contribution in [3.63, 3.8) is 0 Å². The summed E-state index contributed by atoms with van der Waals surface area (Å²) in [6.45, 7) is 2.66. The Labute approximate surface area is 154 Å². The number of hydrogen-bond acceptors (Lipinski definition) is 5. The first-order valence-corrected chi connectivity index (χ1v) is 9.04. The molecular weight excluding hydrogens is 330 g/mol. The molecule has 0 spiro atoms. The molecule has 0 saturated carbocycles. The first-order valence-electron chi connectivity index (χ1n) is 9.04. The van der Waals surface area contributed by atoms with Gasteiger partial charge in [-0.2, -0.15) is 0 Å². The standard InChI is InChI=1S/C20H27N3O3/c1-22(9-10-26-2)14-20(25)23-12-16(19(24)13-23)11-15-7-8-21-18-6-4-3-5-17(15)18/h3-8,16,19,24H,9-14H2,1-2H3/t16-,19-/m1/s1. The first-order chi connectivity index (χ1) is 12.6. The zero-order chi connectivity index (χ0) is 18.5. The molecule has 2 atom stereocenters.